The van der Waals surface area contributed by atoms with Gasteiger partial charge >= 0.3 is 0 Å². The van der Waals surface area contributed by atoms with E-state index in [-0.39, 0.29) is 42.8 Å². The third-order valence-electron chi connectivity index (χ3n) is 3.24. The van der Waals surface area contributed by atoms with E-state index in [0.29, 0.717) is 6.42 Å². The van der Waals surface area contributed by atoms with Crippen LogP contribution in [0.3, 0.4) is 0 Å². The van der Waals surface area contributed by atoms with Crippen LogP contribution in [0.15, 0.2) is 17.5 Å². The Kier molecular flexibility index (Phi) is 7.39. The van der Waals surface area contributed by atoms with Crippen molar-refractivity contribution in [3.63, 3.8) is 0 Å². The molecule has 6 heteroatoms. The van der Waals surface area contributed by atoms with Gasteiger partial charge in [0.25, 0.3) is 0 Å². The summed E-state index contributed by atoms with van der Waals surface area (Å²) in [4.78, 5) is 24.4. The minimum absolute atomic E-state index is 0.0448. The molecule has 0 saturated heterocycles. The number of carbonyl (C=O) groups is 2. The summed E-state index contributed by atoms with van der Waals surface area (Å²) in [6.45, 7) is 5.50. The molecule has 2 unspecified atom stereocenters. The number of hydrogen-bond donors (Lipinski definition) is 3. The van der Waals surface area contributed by atoms with Crippen LogP contribution in [0.1, 0.15) is 44.5 Å². The number of aliphatic hydroxyl groups is 1. The molecule has 1 heterocycles. The molecule has 1 aromatic heterocycles. The fraction of sp³-hybridized carbons (Fsp3) is 0.600. The molecule has 2 atom stereocenters. The Balaban J connectivity index is 2.65. The summed E-state index contributed by atoms with van der Waals surface area (Å²) < 4.78 is 0. The van der Waals surface area contributed by atoms with Crippen molar-refractivity contribution in [1.29, 1.82) is 0 Å². The first kappa shape index (κ1) is 17.7. The maximum atomic E-state index is 12.2. The monoisotopic (exact) mass is 312 g/mol. The molecule has 0 aliphatic carbocycles. The largest absolute Gasteiger partial charge is 0.396 e. The molecule has 1 rings (SSSR count). The normalized spacial score (nSPS) is 13.8. The van der Waals surface area contributed by atoms with Gasteiger partial charge in [-0.05, 0) is 23.8 Å². The van der Waals surface area contributed by atoms with E-state index in [4.69, 9.17) is 5.11 Å². The number of carbonyl (C=O) groups excluding carboxylic acids is 2. The van der Waals surface area contributed by atoms with Gasteiger partial charge in [-0.25, -0.2) is 0 Å². The second-order valence-electron chi connectivity index (χ2n) is 5.40. The number of amides is 2. The first-order valence-electron chi connectivity index (χ1n) is 7.14. The van der Waals surface area contributed by atoms with Gasteiger partial charge in [0.2, 0.25) is 11.8 Å². The van der Waals surface area contributed by atoms with E-state index in [1.807, 2.05) is 31.4 Å². The zero-order chi connectivity index (χ0) is 15.8. The summed E-state index contributed by atoms with van der Waals surface area (Å²) >= 11 is 1.52. The van der Waals surface area contributed by atoms with Crippen molar-refractivity contribution in [3.05, 3.63) is 22.4 Å². The van der Waals surface area contributed by atoms with E-state index in [9.17, 15) is 9.59 Å². The van der Waals surface area contributed by atoms with Gasteiger partial charge in [0, 0.05) is 24.4 Å². The molecule has 0 saturated carbocycles. The number of thiophene rings is 1. The summed E-state index contributed by atoms with van der Waals surface area (Å²) in [6.07, 6.45) is 0.738. The zero-order valence-corrected chi connectivity index (χ0v) is 13.6. The lowest BCUT2D eigenvalue weighted by atomic mass is 10.0. The van der Waals surface area contributed by atoms with Crippen LogP contribution in [-0.2, 0) is 9.59 Å². The second kappa shape index (κ2) is 8.79. The van der Waals surface area contributed by atoms with Crippen LogP contribution in [0.5, 0.6) is 0 Å². The SMILES string of the molecule is CC(=O)NC(CC(=O)NC(CCO)C(C)C)c1cccs1. The van der Waals surface area contributed by atoms with Gasteiger partial charge in [0.05, 0.1) is 12.5 Å². The summed E-state index contributed by atoms with van der Waals surface area (Å²) in [7, 11) is 0. The lowest BCUT2D eigenvalue weighted by Crippen LogP contribution is -2.41. The summed E-state index contributed by atoms with van der Waals surface area (Å²) in [5.41, 5.74) is 0. The molecule has 3 N–H and O–H groups in total. The van der Waals surface area contributed by atoms with E-state index < -0.39 is 0 Å². The summed E-state index contributed by atoms with van der Waals surface area (Å²) in [5.74, 6) is -0.0201. The highest BCUT2D eigenvalue weighted by Crippen LogP contribution is 2.22. The molecule has 0 spiro atoms. The highest BCUT2D eigenvalue weighted by molar-refractivity contribution is 7.10. The van der Waals surface area contributed by atoms with Crippen molar-refractivity contribution in [3.8, 4) is 0 Å². The minimum atomic E-state index is -0.301. The Morgan fingerprint density at radius 1 is 1.33 bits per heavy atom. The van der Waals surface area contributed by atoms with Gasteiger partial charge < -0.3 is 15.7 Å². The fourth-order valence-corrected chi connectivity index (χ4v) is 2.90. The molecular weight excluding hydrogens is 288 g/mol. The Morgan fingerprint density at radius 3 is 2.52 bits per heavy atom. The average molecular weight is 312 g/mol. The molecule has 21 heavy (non-hydrogen) atoms. The first-order valence-corrected chi connectivity index (χ1v) is 8.02. The molecule has 0 radical (unpaired) electrons. The van der Waals surface area contributed by atoms with Crippen LogP contribution in [0, 0.1) is 5.92 Å². The van der Waals surface area contributed by atoms with E-state index in [2.05, 4.69) is 10.6 Å². The molecule has 0 aromatic carbocycles. The Morgan fingerprint density at radius 2 is 2.05 bits per heavy atom. The highest BCUT2D eigenvalue weighted by Gasteiger charge is 2.21. The van der Waals surface area contributed by atoms with Gasteiger partial charge in [-0.1, -0.05) is 19.9 Å². The lowest BCUT2D eigenvalue weighted by molar-refractivity contribution is -0.123. The van der Waals surface area contributed by atoms with Crippen molar-refractivity contribution < 1.29 is 14.7 Å². The van der Waals surface area contributed by atoms with E-state index in [1.54, 1.807) is 0 Å². The standard InChI is InChI=1S/C15H24N2O3S/c1-10(2)12(6-7-18)17-15(20)9-13(16-11(3)19)14-5-4-8-21-14/h4-5,8,10,12-13,18H,6-7,9H2,1-3H3,(H,16,19)(H,17,20). The van der Waals surface area contributed by atoms with Crippen LogP contribution in [0.25, 0.3) is 0 Å². The smallest absolute Gasteiger partial charge is 0.222 e. The summed E-state index contributed by atoms with van der Waals surface area (Å²) in [5, 5.41) is 16.7. The predicted octanol–water partition coefficient (Wildman–Crippen LogP) is 1.84. The van der Waals surface area contributed by atoms with Crippen molar-refractivity contribution in [1.82, 2.24) is 10.6 Å². The summed E-state index contributed by atoms with van der Waals surface area (Å²) in [6, 6.07) is 3.45. The Hall–Kier alpha value is -1.40. The maximum Gasteiger partial charge on any atom is 0.222 e. The zero-order valence-electron chi connectivity index (χ0n) is 12.8. The van der Waals surface area contributed by atoms with Gasteiger partial charge in [-0.15, -0.1) is 11.3 Å². The van der Waals surface area contributed by atoms with E-state index >= 15 is 0 Å². The van der Waals surface area contributed by atoms with Crippen molar-refractivity contribution in [2.45, 2.75) is 45.7 Å². The molecule has 5 nitrogen and oxygen atoms in total. The van der Waals surface area contributed by atoms with Crippen molar-refractivity contribution >= 4 is 23.2 Å². The topological polar surface area (TPSA) is 78.4 Å². The lowest BCUT2D eigenvalue weighted by Gasteiger charge is -2.23. The van der Waals surface area contributed by atoms with Gasteiger partial charge in [-0.2, -0.15) is 0 Å². The number of aliphatic hydroxyl groups excluding tert-OH is 1. The van der Waals surface area contributed by atoms with Crippen LogP contribution in [-0.4, -0.2) is 29.6 Å². The molecular formula is C15H24N2O3S. The molecule has 118 valence electrons. The predicted molar refractivity (Wildman–Crippen MR) is 84.0 cm³/mol. The molecule has 0 aliphatic heterocycles. The molecule has 1 aromatic rings. The van der Waals surface area contributed by atoms with Crippen LogP contribution >= 0.6 is 11.3 Å². The van der Waals surface area contributed by atoms with Crippen LogP contribution in [0.2, 0.25) is 0 Å². The minimum Gasteiger partial charge on any atom is -0.396 e. The van der Waals surface area contributed by atoms with E-state index in [1.165, 1.54) is 18.3 Å². The van der Waals surface area contributed by atoms with Gasteiger partial charge in [-0.3, -0.25) is 9.59 Å². The number of nitrogens with one attached hydrogen (secondary N) is 2. The van der Waals surface area contributed by atoms with Gasteiger partial charge in [0.1, 0.15) is 0 Å². The highest BCUT2D eigenvalue weighted by atomic mass is 32.1. The van der Waals surface area contributed by atoms with Crippen LogP contribution < -0.4 is 10.6 Å². The average Bonchev–Trinajstić information content (AvgIpc) is 2.90. The van der Waals surface area contributed by atoms with Crippen molar-refractivity contribution in [2.24, 2.45) is 5.92 Å². The second-order valence-corrected chi connectivity index (χ2v) is 6.38. The third-order valence-corrected chi connectivity index (χ3v) is 4.23. The van der Waals surface area contributed by atoms with E-state index in [0.717, 1.165) is 4.88 Å². The quantitative estimate of drug-likeness (QED) is 0.685. The van der Waals surface area contributed by atoms with Gasteiger partial charge in [0.15, 0.2) is 0 Å². The number of hydrogen-bond acceptors (Lipinski definition) is 4. The van der Waals surface area contributed by atoms with Crippen LogP contribution in [0.4, 0.5) is 0 Å². The Labute approximate surface area is 129 Å². The van der Waals surface area contributed by atoms with Crippen molar-refractivity contribution in [2.75, 3.05) is 6.61 Å². The first-order chi connectivity index (χ1) is 9.93. The third kappa shape index (κ3) is 6.27. The maximum absolute atomic E-state index is 12.2. The Bertz CT molecular complexity index is 446. The molecule has 0 fully saturated rings. The number of rotatable bonds is 8. The fourth-order valence-electron chi connectivity index (χ4n) is 2.12. The molecule has 2 amide bonds. The molecule has 0 aliphatic rings. The molecule has 0 bridgehead atoms.